The molecule has 1 aliphatic rings. The van der Waals surface area contributed by atoms with E-state index in [1.54, 1.807) is 13.0 Å². The molecule has 0 spiro atoms. The molecule has 0 saturated heterocycles. The number of hydrogen-bond donors (Lipinski definition) is 2. The van der Waals surface area contributed by atoms with Crippen molar-refractivity contribution in [2.24, 2.45) is 11.7 Å². The number of hydrogen-bond acceptors (Lipinski definition) is 3. The van der Waals surface area contributed by atoms with Gasteiger partial charge in [0.2, 0.25) is 5.91 Å². The van der Waals surface area contributed by atoms with Gasteiger partial charge in [-0.15, -0.1) is 0 Å². The summed E-state index contributed by atoms with van der Waals surface area (Å²) in [5, 5.41) is 2.79. The first-order valence-electron chi connectivity index (χ1n) is 7.77. The average molecular weight is 288 g/mol. The van der Waals surface area contributed by atoms with E-state index in [2.05, 4.69) is 5.32 Å². The topological polar surface area (TPSA) is 72.2 Å². The van der Waals surface area contributed by atoms with Gasteiger partial charge in [0.05, 0.1) is 0 Å². The molecule has 4 heteroatoms. The number of carbonyl (C=O) groups excluding carboxylic acids is 2. The Hall–Kier alpha value is -1.68. The van der Waals surface area contributed by atoms with Crippen LogP contribution in [0.1, 0.15) is 55.8 Å². The van der Waals surface area contributed by atoms with E-state index in [1.807, 2.05) is 18.2 Å². The van der Waals surface area contributed by atoms with Crippen LogP contribution in [0.5, 0.6) is 0 Å². The Morgan fingerprint density at radius 2 is 1.95 bits per heavy atom. The molecule has 1 aromatic carbocycles. The average Bonchev–Trinajstić information content (AvgIpc) is 2.49. The van der Waals surface area contributed by atoms with E-state index in [4.69, 9.17) is 5.73 Å². The van der Waals surface area contributed by atoms with Crippen molar-refractivity contribution in [1.82, 2.24) is 0 Å². The minimum atomic E-state index is -0.0409. The van der Waals surface area contributed by atoms with Crippen LogP contribution in [0, 0.1) is 5.92 Å². The molecule has 114 valence electrons. The SMILES string of the molecule is CCC(=O)Nc1cccc(C(=O)CC2CCC(N)CC2)c1. The molecule has 3 N–H and O–H groups in total. The highest BCUT2D eigenvalue weighted by atomic mass is 16.1. The standard InChI is InChI=1S/C17H24N2O2/c1-2-17(21)19-15-5-3-4-13(11-15)16(20)10-12-6-8-14(18)9-7-12/h3-5,11-12,14H,2,6-10,18H2,1H3,(H,19,21). The van der Waals surface area contributed by atoms with Crippen LogP contribution in [0.2, 0.25) is 0 Å². The van der Waals surface area contributed by atoms with Crippen molar-refractivity contribution in [3.05, 3.63) is 29.8 Å². The van der Waals surface area contributed by atoms with Crippen LogP contribution in [-0.2, 0) is 4.79 Å². The Kier molecular flexibility index (Phi) is 5.51. The maximum absolute atomic E-state index is 12.4. The zero-order valence-electron chi connectivity index (χ0n) is 12.6. The molecule has 0 aliphatic heterocycles. The lowest BCUT2D eigenvalue weighted by Crippen LogP contribution is -2.27. The summed E-state index contributed by atoms with van der Waals surface area (Å²) in [4.78, 5) is 23.8. The zero-order valence-corrected chi connectivity index (χ0v) is 12.6. The fraction of sp³-hybridized carbons (Fsp3) is 0.529. The molecule has 1 fully saturated rings. The number of nitrogens with one attached hydrogen (secondary N) is 1. The molecule has 1 aromatic rings. The van der Waals surface area contributed by atoms with Gasteiger partial charge in [0.1, 0.15) is 0 Å². The number of nitrogens with two attached hydrogens (primary N) is 1. The summed E-state index contributed by atoms with van der Waals surface area (Å²) in [6, 6.07) is 7.52. The second-order valence-electron chi connectivity index (χ2n) is 5.89. The molecule has 4 nitrogen and oxygen atoms in total. The van der Waals surface area contributed by atoms with Crippen molar-refractivity contribution in [3.8, 4) is 0 Å². The highest BCUT2D eigenvalue weighted by Gasteiger charge is 2.21. The molecule has 0 unspecified atom stereocenters. The summed E-state index contributed by atoms with van der Waals surface area (Å²) in [5.41, 5.74) is 7.27. The quantitative estimate of drug-likeness (QED) is 0.818. The Morgan fingerprint density at radius 1 is 1.24 bits per heavy atom. The van der Waals surface area contributed by atoms with Gasteiger partial charge < -0.3 is 11.1 Å². The fourth-order valence-electron chi connectivity index (χ4n) is 2.79. The van der Waals surface area contributed by atoms with Gasteiger partial charge in [-0.3, -0.25) is 9.59 Å². The van der Waals surface area contributed by atoms with Crippen LogP contribution >= 0.6 is 0 Å². The van der Waals surface area contributed by atoms with Crippen LogP contribution in [0.4, 0.5) is 5.69 Å². The van der Waals surface area contributed by atoms with Crippen molar-refractivity contribution < 1.29 is 9.59 Å². The monoisotopic (exact) mass is 288 g/mol. The first kappa shape index (κ1) is 15.7. The summed E-state index contributed by atoms with van der Waals surface area (Å²) in [6.45, 7) is 1.80. The smallest absolute Gasteiger partial charge is 0.224 e. The summed E-state index contributed by atoms with van der Waals surface area (Å²) in [6.07, 6.45) is 5.13. The fourth-order valence-corrected chi connectivity index (χ4v) is 2.79. The third-order valence-corrected chi connectivity index (χ3v) is 4.15. The van der Waals surface area contributed by atoms with E-state index in [-0.39, 0.29) is 11.7 Å². The van der Waals surface area contributed by atoms with Gasteiger partial charge in [-0.05, 0) is 43.7 Å². The lowest BCUT2D eigenvalue weighted by molar-refractivity contribution is -0.115. The Morgan fingerprint density at radius 3 is 2.62 bits per heavy atom. The summed E-state index contributed by atoms with van der Waals surface area (Å²) < 4.78 is 0. The lowest BCUT2D eigenvalue weighted by atomic mass is 9.82. The van der Waals surface area contributed by atoms with Gasteiger partial charge in [-0.1, -0.05) is 19.1 Å². The third-order valence-electron chi connectivity index (χ3n) is 4.15. The number of ketones is 1. The molecule has 21 heavy (non-hydrogen) atoms. The van der Waals surface area contributed by atoms with Gasteiger partial charge in [0.25, 0.3) is 0 Å². The predicted octanol–water partition coefficient (Wildman–Crippen LogP) is 3.13. The Balaban J connectivity index is 1.95. The Bertz CT molecular complexity index is 505. The molecular weight excluding hydrogens is 264 g/mol. The van der Waals surface area contributed by atoms with Gasteiger partial charge >= 0.3 is 0 Å². The van der Waals surface area contributed by atoms with E-state index in [1.165, 1.54) is 0 Å². The van der Waals surface area contributed by atoms with Crippen LogP contribution in [0.3, 0.4) is 0 Å². The largest absolute Gasteiger partial charge is 0.328 e. The number of Topliss-reactive ketones (excluding diaryl/α,β-unsaturated/α-hetero) is 1. The molecule has 0 atom stereocenters. The van der Waals surface area contributed by atoms with Crippen molar-refractivity contribution in [2.75, 3.05) is 5.32 Å². The normalized spacial score (nSPS) is 21.8. The van der Waals surface area contributed by atoms with Crippen molar-refractivity contribution in [3.63, 3.8) is 0 Å². The van der Waals surface area contributed by atoms with Crippen LogP contribution in [0.25, 0.3) is 0 Å². The van der Waals surface area contributed by atoms with E-state index >= 15 is 0 Å². The molecule has 0 bridgehead atoms. The summed E-state index contributed by atoms with van der Waals surface area (Å²) in [5.74, 6) is 0.565. The first-order valence-corrected chi connectivity index (χ1v) is 7.77. The summed E-state index contributed by atoms with van der Waals surface area (Å²) >= 11 is 0. The molecule has 1 amide bonds. The first-order chi connectivity index (χ1) is 10.1. The number of rotatable bonds is 5. The summed E-state index contributed by atoms with van der Waals surface area (Å²) in [7, 11) is 0. The van der Waals surface area contributed by atoms with Crippen LogP contribution in [0.15, 0.2) is 24.3 Å². The molecule has 0 aromatic heterocycles. The highest BCUT2D eigenvalue weighted by molar-refractivity contribution is 5.98. The second kappa shape index (κ2) is 7.36. The van der Waals surface area contributed by atoms with Gasteiger partial charge in [-0.2, -0.15) is 0 Å². The maximum Gasteiger partial charge on any atom is 0.224 e. The molecule has 0 radical (unpaired) electrons. The molecule has 2 rings (SSSR count). The number of benzene rings is 1. The van der Waals surface area contributed by atoms with E-state index < -0.39 is 0 Å². The van der Waals surface area contributed by atoms with Crippen LogP contribution < -0.4 is 11.1 Å². The minimum Gasteiger partial charge on any atom is -0.328 e. The Labute approximate surface area is 126 Å². The van der Waals surface area contributed by atoms with E-state index in [9.17, 15) is 9.59 Å². The highest BCUT2D eigenvalue weighted by Crippen LogP contribution is 2.27. The lowest BCUT2D eigenvalue weighted by Gasteiger charge is -2.25. The predicted molar refractivity (Wildman–Crippen MR) is 84.2 cm³/mol. The molecule has 0 heterocycles. The number of anilines is 1. The van der Waals surface area contributed by atoms with E-state index in [0.29, 0.717) is 36.1 Å². The van der Waals surface area contributed by atoms with Gasteiger partial charge in [0.15, 0.2) is 5.78 Å². The number of carbonyl (C=O) groups is 2. The maximum atomic E-state index is 12.4. The minimum absolute atomic E-state index is 0.0409. The van der Waals surface area contributed by atoms with Crippen molar-refractivity contribution in [1.29, 1.82) is 0 Å². The third kappa shape index (κ3) is 4.67. The molecule has 1 aliphatic carbocycles. The van der Waals surface area contributed by atoms with Gasteiger partial charge in [0, 0.05) is 30.1 Å². The van der Waals surface area contributed by atoms with Crippen LogP contribution in [-0.4, -0.2) is 17.7 Å². The molecule has 1 saturated carbocycles. The number of amides is 1. The molecular formula is C17H24N2O2. The van der Waals surface area contributed by atoms with E-state index in [0.717, 1.165) is 25.7 Å². The second-order valence-corrected chi connectivity index (χ2v) is 5.89. The van der Waals surface area contributed by atoms with Crippen molar-refractivity contribution >= 4 is 17.4 Å². The zero-order chi connectivity index (χ0) is 15.2. The van der Waals surface area contributed by atoms with Crippen molar-refractivity contribution in [2.45, 2.75) is 51.5 Å². The van der Waals surface area contributed by atoms with Gasteiger partial charge in [-0.25, -0.2) is 0 Å².